The third-order valence-corrected chi connectivity index (χ3v) is 3.66. The van der Waals surface area contributed by atoms with Crippen LogP contribution in [0.1, 0.15) is 39.0 Å². The summed E-state index contributed by atoms with van der Waals surface area (Å²) in [4.78, 5) is 6.57. The van der Waals surface area contributed by atoms with Crippen LogP contribution in [0.5, 0.6) is 0 Å². The number of rotatable bonds is 3. The van der Waals surface area contributed by atoms with E-state index in [9.17, 15) is 5.26 Å². The molecule has 1 aliphatic carbocycles. The van der Waals surface area contributed by atoms with E-state index in [4.69, 9.17) is 0 Å². The van der Waals surface area contributed by atoms with E-state index in [-0.39, 0.29) is 0 Å². The van der Waals surface area contributed by atoms with Gasteiger partial charge in [0.1, 0.15) is 6.07 Å². The highest BCUT2D eigenvalue weighted by Crippen LogP contribution is 2.28. The molecule has 0 aromatic heterocycles. The van der Waals surface area contributed by atoms with Gasteiger partial charge in [0, 0.05) is 25.0 Å². The van der Waals surface area contributed by atoms with Crippen LogP contribution in [0.4, 0.5) is 0 Å². The summed E-state index contributed by atoms with van der Waals surface area (Å²) < 4.78 is 0. The molecule has 2 aliphatic rings. The summed E-state index contributed by atoms with van der Waals surface area (Å²) in [5.41, 5.74) is 0. The Morgan fingerprint density at radius 3 is 2.76 bits per heavy atom. The fourth-order valence-electron chi connectivity index (χ4n) is 2.82. The molecule has 4 nitrogen and oxygen atoms in total. The van der Waals surface area contributed by atoms with Crippen LogP contribution < -0.4 is 5.32 Å². The molecule has 1 unspecified atom stereocenters. The molecule has 1 heterocycles. The summed E-state index contributed by atoms with van der Waals surface area (Å²) in [6.07, 6.45) is 11.6. The molecule has 2 rings (SSSR count). The Kier molecular flexibility index (Phi) is 3.80. The monoisotopic (exact) mass is 232 g/mol. The van der Waals surface area contributed by atoms with E-state index >= 15 is 0 Å². The van der Waals surface area contributed by atoms with Crippen LogP contribution in [0, 0.1) is 11.3 Å². The van der Waals surface area contributed by atoms with Crippen LogP contribution in [0.15, 0.2) is 17.3 Å². The Hall–Kier alpha value is -1.34. The van der Waals surface area contributed by atoms with E-state index in [1.807, 2.05) is 12.3 Å². The Bertz CT molecular complexity index is 349. The fraction of sp³-hybridized carbons (Fsp3) is 0.692. The first kappa shape index (κ1) is 12.1. The molecule has 1 aliphatic heterocycles. The Balaban J connectivity index is 2.18. The van der Waals surface area contributed by atoms with Crippen LogP contribution in [-0.2, 0) is 0 Å². The average molecular weight is 232 g/mol. The first-order valence-corrected chi connectivity index (χ1v) is 6.48. The van der Waals surface area contributed by atoms with Crippen molar-refractivity contribution in [3.05, 3.63) is 12.3 Å². The largest absolute Gasteiger partial charge is 0.343 e. The first-order chi connectivity index (χ1) is 8.32. The normalized spacial score (nSPS) is 29.0. The maximum atomic E-state index is 9.47. The van der Waals surface area contributed by atoms with Crippen molar-refractivity contribution in [2.45, 2.75) is 50.9 Å². The molecule has 0 saturated heterocycles. The molecule has 92 valence electrons. The summed E-state index contributed by atoms with van der Waals surface area (Å²) in [5.74, 6) is -0.883. The number of hydrogen-bond acceptors (Lipinski definition) is 4. The molecule has 0 bridgehead atoms. The van der Waals surface area contributed by atoms with Gasteiger partial charge in [-0.25, -0.2) is 9.89 Å². The predicted octanol–water partition coefficient (Wildman–Crippen LogP) is 2.01. The van der Waals surface area contributed by atoms with Crippen molar-refractivity contribution in [1.82, 2.24) is 10.2 Å². The van der Waals surface area contributed by atoms with E-state index in [1.54, 1.807) is 6.21 Å². The second-order valence-electron chi connectivity index (χ2n) is 4.64. The number of nitrogens with zero attached hydrogens (tertiary/aromatic N) is 3. The number of aliphatic imine (C=N–C) groups is 1. The van der Waals surface area contributed by atoms with Gasteiger partial charge in [-0.2, -0.15) is 5.26 Å². The number of allylic oxidation sites excluding steroid dienone is 1. The number of nitriles is 1. The maximum Gasteiger partial charge on any atom is 0.278 e. The molecule has 1 N–H and O–H groups in total. The third kappa shape index (κ3) is 2.34. The molecular weight excluding hydrogens is 212 g/mol. The topological polar surface area (TPSA) is 51.4 Å². The first-order valence-electron chi connectivity index (χ1n) is 6.48. The SMILES string of the molecule is CCN(C1CCCCC1)C1(C#N)N=CC=CN1. The highest BCUT2D eigenvalue weighted by atomic mass is 15.4. The smallest absolute Gasteiger partial charge is 0.278 e. The standard InChI is InChI=1S/C13H20N4/c1-2-17(12-7-4-3-5-8-12)13(11-14)15-9-6-10-16-13/h6,9-10,12,15H,2-5,7-8H2,1H3. The molecule has 1 atom stereocenters. The van der Waals surface area contributed by atoms with E-state index in [0.717, 1.165) is 6.54 Å². The predicted molar refractivity (Wildman–Crippen MR) is 68.4 cm³/mol. The van der Waals surface area contributed by atoms with Gasteiger partial charge in [0.15, 0.2) is 0 Å². The molecule has 0 radical (unpaired) electrons. The molecule has 0 spiro atoms. The maximum absolute atomic E-state index is 9.47. The highest BCUT2D eigenvalue weighted by molar-refractivity contribution is 5.72. The summed E-state index contributed by atoms with van der Waals surface area (Å²) in [6.45, 7) is 2.94. The molecule has 1 saturated carbocycles. The zero-order valence-corrected chi connectivity index (χ0v) is 10.4. The van der Waals surface area contributed by atoms with Crippen molar-refractivity contribution in [1.29, 1.82) is 5.26 Å². The van der Waals surface area contributed by atoms with Gasteiger partial charge in [-0.3, -0.25) is 0 Å². The van der Waals surface area contributed by atoms with E-state index in [0.29, 0.717) is 6.04 Å². The van der Waals surface area contributed by atoms with Gasteiger partial charge >= 0.3 is 0 Å². The molecule has 0 amide bonds. The second kappa shape index (κ2) is 5.33. The minimum absolute atomic E-state index is 0.476. The Morgan fingerprint density at radius 1 is 1.47 bits per heavy atom. The van der Waals surface area contributed by atoms with Gasteiger partial charge < -0.3 is 5.32 Å². The number of hydrogen-bond donors (Lipinski definition) is 1. The van der Waals surface area contributed by atoms with E-state index in [1.165, 1.54) is 32.1 Å². The van der Waals surface area contributed by atoms with Crippen LogP contribution in [-0.4, -0.2) is 29.5 Å². The van der Waals surface area contributed by atoms with Crippen molar-refractivity contribution in [3.63, 3.8) is 0 Å². The lowest BCUT2D eigenvalue weighted by atomic mass is 9.93. The van der Waals surface area contributed by atoms with Gasteiger partial charge in [0.25, 0.3) is 5.79 Å². The zero-order valence-electron chi connectivity index (χ0n) is 10.4. The van der Waals surface area contributed by atoms with Crippen molar-refractivity contribution >= 4 is 6.21 Å². The van der Waals surface area contributed by atoms with Crippen LogP contribution in [0.25, 0.3) is 0 Å². The van der Waals surface area contributed by atoms with Crippen molar-refractivity contribution in [2.24, 2.45) is 4.99 Å². The van der Waals surface area contributed by atoms with E-state index < -0.39 is 5.79 Å². The summed E-state index contributed by atoms with van der Waals surface area (Å²) >= 11 is 0. The summed E-state index contributed by atoms with van der Waals surface area (Å²) in [5, 5.41) is 12.6. The quantitative estimate of drug-likeness (QED) is 0.809. The van der Waals surface area contributed by atoms with Crippen molar-refractivity contribution in [2.75, 3.05) is 6.54 Å². The zero-order chi connectivity index (χ0) is 12.1. The van der Waals surface area contributed by atoms with Gasteiger partial charge in [-0.05, 0) is 18.9 Å². The van der Waals surface area contributed by atoms with Crippen molar-refractivity contribution < 1.29 is 0 Å². The third-order valence-electron chi connectivity index (χ3n) is 3.66. The van der Waals surface area contributed by atoms with Gasteiger partial charge in [-0.15, -0.1) is 0 Å². The van der Waals surface area contributed by atoms with Gasteiger partial charge in [-0.1, -0.05) is 26.2 Å². The minimum atomic E-state index is -0.883. The summed E-state index contributed by atoms with van der Waals surface area (Å²) in [7, 11) is 0. The number of nitrogens with one attached hydrogen (secondary N) is 1. The van der Waals surface area contributed by atoms with Crippen LogP contribution in [0.3, 0.4) is 0 Å². The van der Waals surface area contributed by atoms with Gasteiger partial charge in [0.05, 0.1) is 0 Å². The van der Waals surface area contributed by atoms with E-state index in [2.05, 4.69) is 28.2 Å². The lowest BCUT2D eigenvalue weighted by molar-refractivity contribution is 0.0580. The van der Waals surface area contributed by atoms with Crippen LogP contribution in [0.2, 0.25) is 0 Å². The lowest BCUT2D eigenvalue weighted by Gasteiger charge is -2.42. The van der Waals surface area contributed by atoms with Crippen molar-refractivity contribution in [3.8, 4) is 6.07 Å². The molecule has 0 aromatic rings. The average Bonchev–Trinajstić information content (AvgIpc) is 2.42. The fourth-order valence-corrected chi connectivity index (χ4v) is 2.82. The second-order valence-corrected chi connectivity index (χ2v) is 4.64. The Morgan fingerprint density at radius 2 is 2.24 bits per heavy atom. The lowest BCUT2D eigenvalue weighted by Crippen LogP contribution is -2.59. The highest BCUT2D eigenvalue weighted by Gasteiger charge is 2.39. The minimum Gasteiger partial charge on any atom is -0.343 e. The molecule has 0 aromatic carbocycles. The molecule has 1 fully saturated rings. The summed E-state index contributed by atoms with van der Waals surface area (Å²) in [6, 6.07) is 2.81. The van der Waals surface area contributed by atoms with Gasteiger partial charge in [0.2, 0.25) is 0 Å². The molecular formula is C13H20N4. The molecule has 17 heavy (non-hydrogen) atoms. The Labute approximate surface area is 103 Å². The molecule has 4 heteroatoms. The van der Waals surface area contributed by atoms with Crippen LogP contribution >= 0.6 is 0 Å².